The van der Waals surface area contributed by atoms with Gasteiger partial charge >= 0.3 is 0 Å². The Morgan fingerprint density at radius 2 is 0.884 bits per heavy atom. The van der Waals surface area contributed by atoms with Gasteiger partial charge in [-0.1, -0.05) is 173 Å². The lowest BCUT2D eigenvalue weighted by molar-refractivity contribution is -0.123. The van der Waals surface area contributed by atoms with Gasteiger partial charge in [0.25, 0.3) is 0 Å². The summed E-state index contributed by atoms with van der Waals surface area (Å²) in [5, 5.41) is 22.8. The summed E-state index contributed by atoms with van der Waals surface area (Å²) in [5.41, 5.74) is 0. The van der Waals surface area contributed by atoms with Gasteiger partial charge in [-0.05, 0) is 44.9 Å². The Morgan fingerprint density at radius 1 is 0.535 bits per heavy atom. The summed E-state index contributed by atoms with van der Waals surface area (Å²) >= 11 is 0. The zero-order valence-electron chi connectivity index (χ0n) is 29.0. The molecule has 0 aromatic rings. The minimum Gasteiger partial charge on any atom is -0.394 e. The highest BCUT2D eigenvalue weighted by atomic mass is 16.3. The third-order valence-corrected chi connectivity index (χ3v) is 8.68. The van der Waals surface area contributed by atoms with Gasteiger partial charge < -0.3 is 15.5 Å². The molecule has 0 bridgehead atoms. The molecule has 4 nitrogen and oxygen atoms in total. The average molecular weight is 606 g/mol. The summed E-state index contributed by atoms with van der Waals surface area (Å²) in [7, 11) is 0. The Hall–Kier alpha value is -1.13. The lowest BCUT2D eigenvalue weighted by Gasteiger charge is -2.20. The predicted molar refractivity (Wildman–Crippen MR) is 189 cm³/mol. The first-order chi connectivity index (χ1) is 21.2. The van der Waals surface area contributed by atoms with Crippen LogP contribution in [-0.4, -0.2) is 34.9 Å². The van der Waals surface area contributed by atoms with E-state index in [-0.39, 0.29) is 12.5 Å². The third kappa shape index (κ3) is 32.1. The van der Waals surface area contributed by atoms with Crippen molar-refractivity contribution in [3.8, 4) is 0 Å². The molecule has 0 aliphatic heterocycles. The van der Waals surface area contributed by atoms with Gasteiger partial charge in [0.15, 0.2) is 0 Å². The maximum atomic E-state index is 12.3. The van der Waals surface area contributed by atoms with Crippen LogP contribution in [0.3, 0.4) is 0 Å². The van der Waals surface area contributed by atoms with E-state index in [0.717, 1.165) is 25.7 Å². The number of amides is 1. The molecule has 0 aromatic heterocycles. The SMILES string of the molecule is CCCCCCCC/C=C/CCCCCCCCCCCCCC(=O)N[C@@H](CO)[C@H](O)/C=C/CCCCCCCCCC. The lowest BCUT2D eigenvalue weighted by atomic mass is 10.0. The number of hydrogen-bond acceptors (Lipinski definition) is 3. The number of rotatable bonds is 34. The molecule has 43 heavy (non-hydrogen) atoms. The van der Waals surface area contributed by atoms with E-state index in [9.17, 15) is 15.0 Å². The van der Waals surface area contributed by atoms with Crippen molar-refractivity contribution in [2.75, 3.05) is 6.61 Å². The first kappa shape index (κ1) is 41.9. The van der Waals surface area contributed by atoms with Gasteiger partial charge in [-0.25, -0.2) is 0 Å². The van der Waals surface area contributed by atoms with Crippen molar-refractivity contribution in [3.05, 3.63) is 24.3 Å². The molecular formula is C39H75NO3. The van der Waals surface area contributed by atoms with Crippen molar-refractivity contribution in [1.82, 2.24) is 5.32 Å². The molecule has 0 heterocycles. The second-order valence-electron chi connectivity index (χ2n) is 13.0. The van der Waals surface area contributed by atoms with Crippen molar-refractivity contribution < 1.29 is 15.0 Å². The maximum Gasteiger partial charge on any atom is 0.220 e. The van der Waals surface area contributed by atoms with Crippen LogP contribution in [0.1, 0.15) is 200 Å². The van der Waals surface area contributed by atoms with Crippen LogP contribution in [0.4, 0.5) is 0 Å². The Morgan fingerprint density at radius 3 is 1.28 bits per heavy atom. The molecule has 1 amide bonds. The van der Waals surface area contributed by atoms with E-state index in [1.165, 1.54) is 154 Å². The number of unbranched alkanes of at least 4 members (excludes halogenated alkanes) is 25. The van der Waals surface area contributed by atoms with Crippen LogP contribution in [0.5, 0.6) is 0 Å². The molecular weight excluding hydrogens is 530 g/mol. The fraction of sp³-hybridized carbons (Fsp3) is 0.872. The normalized spacial score (nSPS) is 13.3. The smallest absolute Gasteiger partial charge is 0.220 e. The summed E-state index contributed by atoms with van der Waals surface area (Å²) in [6, 6.07) is -0.617. The zero-order valence-corrected chi connectivity index (χ0v) is 29.0. The van der Waals surface area contributed by atoms with E-state index < -0.39 is 12.1 Å². The quantitative estimate of drug-likeness (QED) is 0.0505. The Balaban J connectivity index is 3.54. The van der Waals surface area contributed by atoms with Crippen molar-refractivity contribution in [1.29, 1.82) is 0 Å². The van der Waals surface area contributed by atoms with Crippen molar-refractivity contribution in [2.45, 2.75) is 212 Å². The molecule has 3 N–H and O–H groups in total. The second-order valence-corrected chi connectivity index (χ2v) is 13.0. The molecule has 0 aliphatic carbocycles. The Bertz CT molecular complexity index is 618. The average Bonchev–Trinajstić information content (AvgIpc) is 3.01. The van der Waals surface area contributed by atoms with Crippen LogP contribution in [0.15, 0.2) is 24.3 Å². The molecule has 0 aliphatic rings. The zero-order chi connectivity index (χ0) is 31.5. The van der Waals surface area contributed by atoms with E-state index >= 15 is 0 Å². The Kier molecular flexibility index (Phi) is 34.4. The summed E-state index contributed by atoms with van der Waals surface area (Å²) < 4.78 is 0. The molecule has 0 saturated heterocycles. The van der Waals surface area contributed by atoms with E-state index in [4.69, 9.17) is 0 Å². The standard InChI is InChI=1S/C39H75NO3/c1-3-5-7-9-11-13-15-16-17-18-19-20-21-22-23-24-25-27-29-31-33-35-39(43)40-37(36-41)38(42)34-32-30-28-26-14-12-10-8-6-4-2/h16-17,32,34,37-38,41-42H,3-15,18-31,33,35-36H2,1-2H3,(H,40,43)/b17-16+,34-32+/t37-,38+/m0/s1. The Labute approximate surface area is 269 Å². The van der Waals surface area contributed by atoms with Gasteiger partial charge in [0.05, 0.1) is 18.8 Å². The van der Waals surface area contributed by atoms with E-state index in [1.54, 1.807) is 6.08 Å². The fourth-order valence-corrected chi connectivity index (χ4v) is 5.70. The molecule has 254 valence electrons. The molecule has 4 heteroatoms. The summed E-state index contributed by atoms with van der Waals surface area (Å²) in [6.45, 7) is 4.28. The molecule has 0 saturated carbocycles. The number of allylic oxidation sites excluding steroid dienone is 3. The lowest BCUT2D eigenvalue weighted by Crippen LogP contribution is -2.45. The fourth-order valence-electron chi connectivity index (χ4n) is 5.70. The van der Waals surface area contributed by atoms with Crippen molar-refractivity contribution in [3.63, 3.8) is 0 Å². The minimum absolute atomic E-state index is 0.0668. The van der Waals surface area contributed by atoms with Crippen LogP contribution in [0, 0.1) is 0 Å². The minimum atomic E-state index is -0.834. The van der Waals surface area contributed by atoms with Crippen molar-refractivity contribution in [2.24, 2.45) is 0 Å². The molecule has 0 unspecified atom stereocenters. The highest BCUT2D eigenvalue weighted by molar-refractivity contribution is 5.76. The number of hydrogen-bond donors (Lipinski definition) is 3. The van der Waals surface area contributed by atoms with E-state index in [1.807, 2.05) is 6.08 Å². The molecule has 0 aromatic carbocycles. The number of carbonyl (C=O) groups excluding carboxylic acids is 1. The van der Waals surface area contributed by atoms with Gasteiger partial charge in [-0.2, -0.15) is 0 Å². The van der Waals surface area contributed by atoms with Crippen LogP contribution >= 0.6 is 0 Å². The topological polar surface area (TPSA) is 69.6 Å². The number of carbonyl (C=O) groups is 1. The largest absolute Gasteiger partial charge is 0.394 e. The summed E-state index contributed by atoms with van der Waals surface area (Å²) in [4.78, 5) is 12.3. The monoisotopic (exact) mass is 606 g/mol. The summed E-state index contributed by atoms with van der Waals surface area (Å²) in [6.07, 6.45) is 44.1. The van der Waals surface area contributed by atoms with Crippen LogP contribution in [-0.2, 0) is 4.79 Å². The van der Waals surface area contributed by atoms with Gasteiger partial charge in [0.1, 0.15) is 0 Å². The predicted octanol–water partition coefficient (Wildman–Crippen LogP) is 11.3. The second kappa shape index (κ2) is 35.4. The molecule has 2 atom stereocenters. The first-order valence-electron chi connectivity index (χ1n) is 19.1. The highest BCUT2D eigenvalue weighted by Gasteiger charge is 2.17. The molecule has 0 spiro atoms. The number of nitrogens with one attached hydrogen (secondary N) is 1. The van der Waals surface area contributed by atoms with Crippen LogP contribution in [0.25, 0.3) is 0 Å². The highest BCUT2D eigenvalue weighted by Crippen LogP contribution is 2.14. The van der Waals surface area contributed by atoms with Crippen LogP contribution in [0.2, 0.25) is 0 Å². The molecule has 0 fully saturated rings. The number of aliphatic hydroxyl groups is 2. The first-order valence-corrected chi connectivity index (χ1v) is 19.1. The van der Waals surface area contributed by atoms with E-state index in [2.05, 4.69) is 31.3 Å². The van der Waals surface area contributed by atoms with Gasteiger partial charge in [-0.3, -0.25) is 4.79 Å². The third-order valence-electron chi connectivity index (χ3n) is 8.68. The van der Waals surface area contributed by atoms with Gasteiger partial charge in [0, 0.05) is 6.42 Å². The van der Waals surface area contributed by atoms with E-state index in [0.29, 0.717) is 6.42 Å². The van der Waals surface area contributed by atoms with Crippen LogP contribution < -0.4 is 5.32 Å². The summed E-state index contributed by atoms with van der Waals surface area (Å²) in [5.74, 6) is -0.0668. The maximum absolute atomic E-state index is 12.3. The van der Waals surface area contributed by atoms with Gasteiger partial charge in [0.2, 0.25) is 5.91 Å². The molecule has 0 rings (SSSR count). The van der Waals surface area contributed by atoms with Gasteiger partial charge in [-0.15, -0.1) is 0 Å². The number of aliphatic hydroxyl groups excluding tert-OH is 2. The molecule has 0 radical (unpaired) electrons. The van der Waals surface area contributed by atoms with Crippen molar-refractivity contribution >= 4 is 5.91 Å².